The number of amides is 1. The lowest BCUT2D eigenvalue weighted by Crippen LogP contribution is -2.24. The second-order valence-corrected chi connectivity index (χ2v) is 5.00. The quantitative estimate of drug-likeness (QED) is 0.799. The number of ether oxygens (including phenoxy) is 1. The Kier molecular flexibility index (Phi) is 5.68. The Labute approximate surface area is 138 Å². The van der Waals surface area contributed by atoms with Crippen LogP contribution in [0.2, 0.25) is 0 Å². The molecule has 2 rings (SSSR count). The number of carboxylic acid groups (broad SMARTS) is 1. The van der Waals surface area contributed by atoms with Crippen molar-refractivity contribution in [3.63, 3.8) is 0 Å². The molecule has 5 nitrogen and oxygen atoms in total. The van der Waals surface area contributed by atoms with E-state index >= 15 is 0 Å². The number of carbonyl (C=O) groups is 2. The van der Waals surface area contributed by atoms with E-state index in [9.17, 15) is 14.0 Å². The molecule has 124 valence electrons. The summed E-state index contributed by atoms with van der Waals surface area (Å²) < 4.78 is 19.1. The van der Waals surface area contributed by atoms with Gasteiger partial charge in [0.2, 0.25) is 5.91 Å². The molecule has 0 aliphatic rings. The van der Waals surface area contributed by atoms with Gasteiger partial charge in [-0.05, 0) is 29.8 Å². The van der Waals surface area contributed by atoms with Crippen molar-refractivity contribution >= 4 is 18.0 Å². The lowest BCUT2D eigenvalue weighted by atomic mass is 10.1. The van der Waals surface area contributed by atoms with Gasteiger partial charge in [0.15, 0.2) is 0 Å². The van der Waals surface area contributed by atoms with Gasteiger partial charge < -0.3 is 15.2 Å². The average molecular weight is 329 g/mol. The number of halogens is 1. The van der Waals surface area contributed by atoms with E-state index in [-0.39, 0.29) is 18.1 Å². The second-order valence-electron chi connectivity index (χ2n) is 5.00. The van der Waals surface area contributed by atoms with Crippen LogP contribution in [-0.4, -0.2) is 17.0 Å². The Balaban J connectivity index is 2.15. The topological polar surface area (TPSA) is 75.6 Å². The van der Waals surface area contributed by atoms with Gasteiger partial charge in [-0.15, -0.1) is 0 Å². The Morgan fingerprint density at radius 3 is 2.62 bits per heavy atom. The van der Waals surface area contributed by atoms with Gasteiger partial charge >= 0.3 is 5.97 Å². The van der Waals surface area contributed by atoms with E-state index in [1.165, 1.54) is 19.1 Å². The summed E-state index contributed by atoms with van der Waals surface area (Å²) in [6.07, 6.45) is 1.32. The molecular formula is C18H16FNO4. The zero-order chi connectivity index (χ0) is 17.5. The van der Waals surface area contributed by atoms with Gasteiger partial charge in [-0.3, -0.25) is 4.79 Å². The molecule has 2 N–H and O–H groups in total. The van der Waals surface area contributed by atoms with Crippen LogP contribution in [0.4, 0.5) is 4.39 Å². The van der Waals surface area contributed by atoms with Gasteiger partial charge in [0, 0.05) is 12.5 Å². The van der Waals surface area contributed by atoms with E-state index in [4.69, 9.17) is 9.84 Å². The number of carbonyl (C=O) groups excluding carboxylic acids is 1. The molecule has 0 unspecified atom stereocenters. The maximum Gasteiger partial charge on any atom is 0.352 e. The predicted molar refractivity (Wildman–Crippen MR) is 86.6 cm³/mol. The first-order chi connectivity index (χ1) is 11.5. The maximum absolute atomic E-state index is 13.6. The molecular weight excluding hydrogens is 313 g/mol. The zero-order valence-electron chi connectivity index (χ0n) is 13.0. The van der Waals surface area contributed by atoms with Crippen LogP contribution in [-0.2, 0) is 16.2 Å². The first-order valence-electron chi connectivity index (χ1n) is 7.14. The Hall–Kier alpha value is -3.15. The fourth-order valence-corrected chi connectivity index (χ4v) is 1.98. The summed E-state index contributed by atoms with van der Waals surface area (Å²) >= 11 is 0. The largest absolute Gasteiger partial charge is 0.489 e. The molecule has 0 saturated carbocycles. The summed E-state index contributed by atoms with van der Waals surface area (Å²) in [4.78, 5) is 22.1. The van der Waals surface area contributed by atoms with Gasteiger partial charge in [0.1, 0.15) is 23.9 Å². The first kappa shape index (κ1) is 17.2. The van der Waals surface area contributed by atoms with Crippen molar-refractivity contribution in [3.05, 3.63) is 71.2 Å². The highest BCUT2D eigenvalue weighted by molar-refractivity contribution is 5.96. The third-order valence-corrected chi connectivity index (χ3v) is 3.06. The van der Waals surface area contributed by atoms with Crippen molar-refractivity contribution in [3.8, 4) is 5.75 Å². The van der Waals surface area contributed by atoms with Gasteiger partial charge in [0.05, 0.1) is 0 Å². The Morgan fingerprint density at radius 1 is 1.21 bits per heavy atom. The number of carboxylic acids is 1. The highest BCUT2D eigenvalue weighted by Gasteiger charge is 2.09. The summed E-state index contributed by atoms with van der Waals surface area (Å²) in [6, 6.07) is 12.9. The van der Waals surface area contributed by atoms with Crippen molar-refractivity contribution in [2.24, 2.45) is 0 Å². The van der Waals surface area contributed by atoms with E-state index in [2.05, 4.69) is 5.32 Å². The molecule has 1 amide bonds. The molecule has 2 aromatic rings. The molecule has 0 aromatic heterocycles. The van der Waals surface area contributed by atoms with E-state index in [1.807, 2.05) is 0 Å². The molecule has 6 heteroatoms. The lowest BCUT2D eigenvalue weighted by Gasteiger charge is -2.08. The lowest BCUT2D eigenvalue weighted by molar-refractivity contribution is -0.134. The highest BCUT2D eigenvalue weighted by atomic mass is 19.1. The second kappa shape index (κ2) is 7.92. The number of aliphatic carboxylic acids is 1. The van der Waals surface area contributed by atoms with Gasteiger partial charge in [-0.25, -0.2) is 9.18 Å². The fraction of sp³-hybridized carbons (Fsp3) is 0.111. The molecule has 2 aromatic carbocycles. The molecule has 0 fully saturated rings. The van der Waals surface area contributed by atoms with E-state index in [1.54, 1.807) is 42.5 Å². The van der Waals surface area contributed by atoms with Gasteiger partial charge in [-0.2, -0.15) is 0 Å². The van der Waals surface area contributed by atoms with Gasteiger partial charge in [0.25, 0.3) is 0 Å². The molecule has 0 radical (unpaired) electrons. The maximum atomic E-state index is 13.6. The van der Waals surface area contributed by atoms with E-state index < -0.39 is 11.9 Å². The Bertz CT molecular complexity index is 786. The van der Waals surface area contributed by atoms with E-state index in [0.29, 0.717) is 16.9 Å². The molecule has 0 heterocycles. The molecule has 0 aliphatic carbocycles. The molecule has 24 heavy (non-hydrogen) atoms. The monoisotopic (exact) mass is 329 g/mol. The van der Waals surface area contributed by atoms with Crippen LogP contribution >= 0.6 is 0 Å². The first-order valence-corrected chi connectivity index (χ1v) is 7.14. The van der Waals surface area contributed by atoms with Crippen molar-refractivity contribution in [1.29, 1.82) is 0 Å². The van der Waals surface area contributed by atoms with Crippen molar-refractivity contribution < 1.29 is 23.8 Å². The van der Waals surface area contributed by atoms with Crippen molar-refractivity contribution in [2.45, 2.75) is 13.5 Å². The fourth-order valence-electron chi connectivity index (χ4n) is 1.98. The summed E-state index contributed by atoms with van der Waals surface area (Å²) in [5.74, 6) is -1.62. The molecule has 0 saturated heterocycles. The van der Waals surface area contributed by atoms with Crippen LogP contribution in [0.15, 0.2) is 54.2 Å². The van der Waals surface area contributed by atoms with Crippen LogP contribution in [0, 0.1) is 5.82 Å². The number of hydrogen-bond donors (Lipinski definition) is 2. The minimum absolute atomic E-state index is 0.0529. The van der Waals surface area contributed by atoms with Crippen LogP contribution in [0.5, 0.6) is 5.75 Å². The summed E-state index contributed by atoms with van der Waals surface area (Å²) in [5, 5.41) is 11.3. The number of hydrogen-bond acceptors (Lipinski definition) is 3. The minimum atomic E-state index is -1.25. The summed E-state index contributed by atoms with van der Waals surface area (Å²) in [6.45, 7) is 1.28. The molecule has 0 atom stereocenters. The SMILES string of the molecule is CC(=O)NC(=Cc1cccc(OCc2ccccc2F)c1)C(=O)O. The van der Waals surface area contributed by atoms with Gasteiger partial charge in [-0.1, -0.05) is 30.3 Å². The standard InChI is InChI=1S/C18H16FNO4/c1-12(21)20-17(18(22)23)10-13-5-4-7-15(9-13)24-11-14-6-2-3-8-16(14)19/h2-10H,11H2,1H3,(H,20,21)(H,22,23). The smallest absolute Gasteiger partial charge is 0.352 e. The summed E-state index contributed by atoms with van der Waals surface area (Å²) in [5.41, 5.74) is 0.712. The zero-order valence-corrected chi connectivity index (χ0v) is 13.0. The normalized spacial score (nSPS) is 11.0. The minimum Gasteiger partial charge on any atom is -0.489 e. The third kappa shape index (κ3) is 4.95. The average Bonchev–Trinajstić information content (AvgIpc) is 2.53. The molecule has 0 spiro atoms. The van der Waals surface area contributed by atoms with Crippen LogP contribution in [0.25, 0.3) is 6.08 Å². The van der Waals surface area contributed by atoms with Crippen LogP contribution in [0.1, 0.15) is 18.1 Å². The third-order valence-electron chi connectivity index (χ3n) is 3.06. The number of benzene rings is 2. The summed E-state index contributed by atoms with van der Waals surface area (Å²) in [7, 11) is 0. The van der Waals surface area contributed by atoms with Crippen molar-refractivity contribution in [2.75, 3.05) is 0 Å². The van der Waals surface area contributed by atoms with Crippen LogP contribution in [0.3, 0.4) is 0 Å². The highest BCUT2D eigenvalue weighted by Crippen LogP contribution is 2.18. The number of nitrogens with one attached hydrogen (secondary N) is 1. The molecule has 0 aliphatic heterocycles. The Morgan fingerprint density at radius 2 is 1.96 bits per heavy atom. The van der Waals surface area contributed by atoms with Crippen molar-refractivity contribution in [1.82, 2.24) is 5.32 Å². The van der Waals surface area contributed by atoms with Crippen LogP contribution < -0.4 is 10.1 Å². The van der Waals surface area contributed by atoms with E-state index in [0.717, 1.165) is 0 Å². The number of rotatable bonds is 6. The molecule has 0 bridgehead atoms. The predicted octanol–water partition coefficient (Wildman–Crippen LogP) is 2.97.